The second-order valence-electron chi connectivity index (χ2n) is 11.4. The Morgan fingerprint density at radius 3 is 2.37 bits per heavy atom. The van der Waals surface area contributed by atoms with Crippen LogP contribution in [0.5, 0.6) is 11.5 Å². The Kier molecular flexibility index (Phi) is 8.55. The molecule has 2 aliphatic rings. The molecule has 238 valence electrons. The van der Waals surface area contributed by atoms with Crippen molar-refractivity contribution in [1.82, 2.24) is 19.8 Å². The zero-order chi connectivity index (χ0) is 32.5. The number of nitrogens with zero attached hydrogens (tertiary/aromatic N) is 5. The van der Waals surface area contributed by atoms with Gasteiger partial charge in [-0.1, -0.05) is 6.07 Å². The van der Waals surface area contributed by atoms with Crippen LogP contribution in [0.15, 0.2) is 60.8 Å². The molecule has 6 rings (SSSR count). The van der Waals surface area contributed by atoms with Crippen LogP contribution < -0.4 is 19.7 Å². The lowest BCUT2D eigenvalue weighted by molar-refractivity contribution is -0.121. The first-order valence-electron chi connectivity index (χ1n) is 14.9. The summed E-state index contributed by atoms with van der Waals surface area (Å²) in [6.45, 7) is 6.07. The quantitative estimate of drug-likeness (QED) is 0.263. The van der Waals surface area contributed by atoms with E-state index in [0.29, 0.717) is 47.5 Å². The van der Waals surface area contributed by atoms with E-state index in [1.807, 2.05) is 6.07 Å². The van der Waals surface area contributed by atoms with Gasteiger partial charge in [0.25, 0.3) is 5.91 Å². The number of anilines is 3. The summed E-state index contributed by atoms with van der Waals surface area (Å²) in [6, 6.07) is 14.2. The van der Waals surface area contributed by atoms with Crippen LogP contribution in [0.4, 0.5) is 26.0 Å². The highest BCUT2D eigenvalue weighted by atomic mass is 19.1. The molecule has 4 aromatic rings. The summed E-state index contributed by atoms with van der Waals surface area (Å²) in [4.78, 5) is 41.2. The van der Waals surface area contributed by atoms with E-state index in [-0.39, 0.29) is 47.8 Å². The van der Waals surface area contributed by atoms with Crippen molar-refractivity contribution in [3.63, 3.8) is 0 Å². The first-order chi connectivity index (χ1) is 22.2. The second-order valence-corrected chi connectivity index (χ2v) is 11.4. The maximum Gasteiger partial charge on any atom is 0.258 e. The standard InChI is InChI=1S/C34H34F2N6O4/c1-20(2)40-12-13-42(31(43)19-40)22-9-11-30(37-16-22)39-27-15-26(32-24(35)6-5-7-25(32)36)38-28-18-41(34(44)33(27)28)17-21-8-10-23(45-3)14-29(21)46-4/h5-11,14-16,20H,12-13,17-19H2,1-4H3,(H,37,38,39). The van der Waals surface area contributed by atoms with E-state index in [1.165, 1.54) is 19.2 Å². The van der Waals surface area contributed by atoms with Crippen LogP contribution in [0.1, 0.15) is 35.5 Å². The lowest BCUT2D eigenvalue weighted by Crippen LogP contribution is -2.52. The van der Waals surface area contributed by atoms with Crippen LogP contribution in [0.3, 0.4) is 0 Å². The number of carbonyl (C=O) groups excluding carboxylic acids is 2. The Hall–Kier alpha value is -5.10. The first-order valence-corrected chi connectivity index (χ1v) is 14.9. The van der Waals surface area contributed by atoms with E-state index in [4.69, 9.17) is 9.47 Å². The third-order valence-corrected chi connectivity index (χ3v) is 8.31. The number of aromatic nitrogens is 2. The van der Waals surface area contributed by atoms with Gasteiger partial charge in [0.15, 0.2) is 0 Å². The molecule has 1 saturated heterocycles. The molecule has 1 N–H and O–H groups in total. The molecular formula is C34H34F2N6O4. The lowest BCUT2D eigenvalue weighted by atomic mass is 10.1. The van der Waals surface area contributed by atoms with Gasteiger partial charge >= 0.3 is 0 Å². The predicted molar refractivity (Wildman–Crippen MR) is 169 cm³/mol. The third-order valence-electron chi connectivity index (χ3n) is 8.31. The summed E-state index contributed by atoms with van der Waals surface area (Å²) in [5.74, 6) is -0.314. The number of halogens is 2. The Morgan fingerprint density at radius 2 is 1.72 bits per heavy atom. The van der Waals surface area contributed by atoms with Crippen molar-refractivity contribution in [3.05, 3.63) is 89.2 Å². The van der Waals surface area contributed by atoms with Crippen LogP contribution >= 0.6 is 0 Å². The van der Waals surface area contributed by atoms with Crippen molar-refractivity contribution < 1.29 is 27.8 Å². The summed E-state index contributed by atoms with van der Waals surface area (Å²) >= 11 is 0. The first kappa shape index (κ1) is 30.9. The van der Waals surface area contributed by atoms with Gasteiger partial charge in [0.05, 0.1) is 73.9 Å². The molecule has 2 aromatic heterocycles. The van der Waals surface area contributed by atoms with Gasteiger partial charge < -0.3 is 24.6 Å². The summed E-state index contributed by atoms with van der Waals surface area (Å²) in [6.07, 6.45) is 1.59. The molecule has 0 radical (unpaired) electrons. The number of hydrogen-bond donors (Lipinski definition) is 1. The maximum absolute atomic E-state index is 14.9. The lowest BCUT2D eigenvalue weighted by Gasteiger charge is -2.36. The average molecular weight is 629 g/mol. The topological polar surface area (TPSA) is 100 Å². The number of carbonyl (C=O) groups is 2. The normalized spacial score (nSPS) is 15.0. The Morgan fingerprint density at radius 1 is 0.935 bits per heavy atom. The molecule has 1 fully saturated rings. The number of pyridine rings is 2. The molecule has 0 atom stereocenters. The highest BCUT2D eigenvalue weighted by molar-refractivity contribution is 6.04. The molecule has 2 aliphatic heterocycles. The number of benzene rings is 2. The zero-order valence-corrected chi connectivity index (χ0v) is 26.0. The molecule has 2 amide bonds. The Balaban J connectivity index is 1.32. The molecular weight excluding hydrogens is 594 g/mol. The minimum absolute atomic E-state index is 0.00912. The largest absolute Gasteiger partial charge is 0.497 e. The number of piperazine rings is 1. The molecule has 4 heterocycles. The molecule has 0 bridgehead atoms. The van der Waals surface area contributed by atoms with E-state index in [9.17, 15) is 18.4 Å². The predicted octanol–water partition coefficient (Wildman–Crippen LogP) is 5.40. The van der Waals surface area contributed by atoms with E-state index >= 15 is 0 Å². The highest BCUT2D eigenvalue weighted by Gasteiger charge is 2.34. The van der Waals surface area contributed by atoms with Gasteiger partial charge in [0.1, 0.15) is 29.0 Å². The second kappa shape index (κ2) is 12.7. The molecule has 0 unspecified atom stereocenters. The Bertz CT molecular complexity index is 1780. The fraction of sp³-hybridized carbons (Fsp3) is 0.294. The monoisotopic (exact) mass is 628 g/mol. The van der Waals surface area contributed by atoms with E-state index in [0.717, 1.165) is 24.2 Å². The number of amides is 2. The van der Waals surface area contributed by atoms with E-state index in [1.54, 1.807) is 47.4 Å². The van der Waals surface area contributed by atoms with Gasteiger partial charge in [-0.2, -0.15) is 0 Å². The fourth-order valence-electron chi connectivity index (χ4n) is 5.81. The molecule has 46 heavy (non-hydrogen) atoms. The van der Waals surface area contributed by atoms with Crippen molar-refractivity contribution in [1.29, 1.82) is 0 Å². The minimum atomic E-state index is -0.771. The van der Waals surface area contributed by atoms with Gasteiger partial charge in [-0.15, -0.1) is 0 Å². The Labute approximate surface area is 265 Å². The van der Waals surface area contributed by atoms with Crippen LogP contribution in [0, 0.1) is 11.6 Å². The molecule has 0 aliphatic carbocycles. The van der Waals surface area contributed by atoms with Gasteiger partial charge in [-0.05, 0) is 56.3 Å². The molecule has 10 nitrogen and oxygen atoms in total. The minimum Gasteiger partial charge on any atom is -0.497 e. The third kappa shape index (κ3) is 5.95. The summed E-state index contributed by atoms with van der Waals surface area (Å²) in [5, 5.41) is 3.17. The fourth-order valence-corrected chi connectivity index (χ4v) is 5.81. The van der Waals surface area contributed by atoms with Gasteiger partial charge in [-0.3, -0.25) is 14.5 Å². The van der Waals surface area contributed by atoms with Gasteiger partial charge in [0.2, 0.25) is 5.91 Å². The molecule has 0 saturated carbocycles. The van der Waals surface area contributed by atoms with Gasteiger partial charge in [-0.25, -0.2) is 18.7 Å². The summed E-state index contributed by atoms with van der Waals surface area (Å²) in [7, 11) is 3.10. The van der Waals surface area contributed by atoms with Crippen LogP contribution in [0.25, 0.3) is 11.3 Å². The molecule has 12 heteroatoms. The molecule has 2 aromatic carbocycles. The van der Waals surface area contributed by atoms with Crippen molar-refractivity contribution in [2.45, 2.75) is 33.0 Å². The smallest absolute Gasteiger partial charge is 0.258 e. The highest BCUT2D eigenvalue weighted by Crippen LogP contribution is 2.37. The van der Waals surface area contributed by atoms with Crippen LogP contribution in [0.2, 0.25) is 0 Å². The SMILES string of the molecule is COc1ccc(CN2Cc3nc(-c4c(F)cccc4F)cc(Nc4ccc(N5CCN(C(C)C)CC5=O)cn4)c3C2=O)c(OC)c1. The van der Waals surface area contributed by atoms with Crippen molar-refractivity contribution >= 4 is 29.0 Å². The van der Waals surface area contributed by atoms with Crippen molar-refractivity contribution in [2.24, 2.45) is 0 Å². The van der Waals surface area contributed by atoms with Crippen molar-refractivity contribution in [3.8, 4) is 22.8 Å². The number of methoxy groups -OCH3 is 2. The zero-order valence-electron chi connectivity index (χ0n) is 26.0. The van der Waals surface area contributed by atoms with Crippen LogP contribution in [-0.4, -0.2) is 71.5 Å². The summed E-state index contributed by atoms with van der Waals surface area (Å²) in [5.41, 5.74) is 2.10. The number of nitrogens with one attached hydrogen (secondary N) is 1. The number of rotatable bonds is 9. The number of hydrogen-bond acceptors (Lipinski definition) is 8. The molecule has 0 spiro atoms. The van der Waals surface area contributed by atoms with E-state index < -0.39 is 11.6 Å². The summed E-state index contributed by atoms with van der Waals surface area (Å²) < 4.78 is 40.6. The number of fused-ring (bicyclic) bond motifs is 1. The van der Waals surface area contributed by atoms with Gasteiger partial charge in [0, 0.05) is 30.8 Å². The maximum atomic E-state index is 14.9. The van der Waals surface area contributed by atoms with E-state index in [2.05, 4.69) is 34.0 Å². The van der Waals surface area contributed by atoms with Crippen molar-refractivity contribution in [2.75, 3.05) is 44.1 Å². The van der Waals surface area contributed by atoms with Crippen LogP contribution in [-0.2, 0) is 17.9 Å². The number of ether oxygens (including phenoxy) is 2. The average Bonchev–Trinajstić information content (AvgIpc) is 3.36.